The van der Waals surface area contributed by atoms with E-state index in [0.29, 0.717) is 12.8 Å². The van der Waals surface area contributed by atoms with Gasteiger partial charge in [-0.3, -0.25) is 4.79 Å². The highest BCUT2D eigenvalue weighted by Gasteiger charge is 2.28. The number of benzene rings is 1. The van der Waals surface area contributed by atoms with Gasteiger partial charge in [0, 0.05) is 12.5 Å². The molecule has 0 spiro atoms. The molecule has 1 aromatic carbocycles. The zero-order valence-electron chi connectivity index (χ0n) is 9.63. The van der Waals surface area contributed by atoms with Crippen LogP contribution in [0, 0.1) is 0 Å². The summed E-state index contributed by atoms with van der Waals surface area (Å²) in [6.45, 7) is 0. The average molecular weight is 250 g/mol. The normalized spacial score (nSPS) is 22.9. The van der Waals surface area contributed by atoms with Crippen LogP contribution in [0.5, 0.6) is 11.5 Å². The second kappa shape index (κ2) is 4.70. The van der Waals surface area contributed by atoms with Crippen molar-refractivity contribution < 1.29 is 25.2 Å². The van der Waals surface area contributed by atoms with Crippen molar-refractivity contribution >= 4 is 11.5 Å². The fourth-order valence-corrected chi connectivity index (χ4v) is 2.08. The molecular formula is C13H14O5. The van der Waals surface area contributed by atoms with E-state index in [1.165, 1.54) is 12.1 Å². The van der Waals surface area contributed by atoms with Gasteiger partial charge >= 0.3 is 0 Å². The Balaban J connectivity index is 2.50. The van der Waals surface area contributed by atoms with E-state index in [2.05, 4.69) is 0 Å². The van der Waals surface area contributed by atoms with E-state index in [1.807, 2.05) is 0 Å². The van der Waals surface area contributed by atoms with Crippen LogP contribution < -0.4 is 0 Å². The van der Waals surface area contributed by atoms with Crippen molar-refractivity contribution in [1.29, 1.82) is 0 Å². The fourth-order valence-electron chi connectivity index (χ4n) is 2.08. The summed E-state index contributed by atoms with van der Waals surface area (Å²) in [5.74, 6) is -1.24. The van der Waals surface area contributed by atoms with E-state index < -0.39 is 11.9 Å². The molecule has 96 valence electrons. The van der Waals surface area contributed by atoms with Crippen LogP contribution in [0.4, 0.5) is 0 Å². The Morgan fingerprint density at radius 1 is 1.28 bits per heavy atom. The van der Waals surface area contributed by atoms with Gasteiger partial charge in [-0.25, -0.2) is 0 Å². The van der Waals surface area contributed by atoms with Gasteiger partial charge < -0.3 is 20.4 Å². The maximum Gasteiger partial charge on any atom is 0.165 e. The molecule has 1 atom stereocenters. The molecule has 5 nitrogen and oxygen atoms in total. The molecule has 18 heavy (non-hydrogen) atoms. The standard InChI is InChI=1S/C13H14O5/c14-7-4-5-8(11(17)6-7)13(18)12-9(15)2-1-3-10(12)16/h4-6,9,14-15,17-18H,1-3H2. The zero-order chi connectivity index (χ0) is 13.3. The highest BCUT2D eigenvalue weighted by Crippen LogP contribution is 2.33. The second-order valence-corrected chi connectivity index (χ2v) is 4.29. The van der Waals surface area contributed by atoms with E-state index in [9.17, 15) is 20.1 Å². The second-order valence-electron chi connectivity index (χ2n) is 4.29. The van der Waals surface area contributed by atoms with E-state index in [-0.39, 0.29) is 34.8 Å². The molecule has 4 N–H and O–H groups in total. The first kappa shape index (κ1) is 12.4. The Bertz CT molecular complexity index is 518. The first-order chi connectivity index (χ1) is 8.50. The smallest absolute Gasteiger partial charge is 0.165 e. The molecule has 1 saturated carbocycles. The quantitative estimate of drug-likeness (QED) is 0.447. The van der Waals surface area contributed by atoms with Gasteiger partial charge in [-0.2, -0.15) is 0 Å². The average Bonchev–Trinajstić information content (AvgIpc) is 2.28. The van der Waals surface area contributed by atoms with Crippen LogP contribution in [0.3, 0.4) is 0 Å². The topological polar surface area (TPSA) is 98.0 Å². The molecular weight excluding hydrogens is 236 g/mol. The number of hydrogen-bond donors (Lipinski definition) is 4. The first-order valence-electron chi connectivity index (χ1n) is 5.67. The number of carbonyl (C=O) groups excluding carboxylic acids is 1. The number of phenols is 2. The van der Waals surface area contributed by atoms with E-state index in [4.69, 9.17) is 5.11 Å². The van der Waals surface area contributed by atoms with Gasteiger partial charge in [-0.15, -0.1) is 0 Å². The molecule has 0 radical (unpaired) electrons. The monoisotopic (exact) mass is 250 g/mol. The molecule has 0 saturated heterocycles. The van der Waals surface area contributed by atoms with Gasteiger partial charge in [0.15, 0.2) is 5.78 Å². The molecule has 1 aliphatic carbocycles. The number of aliphatic hydroxyl groups excluding tert-OH is 2. The maximum atomic E-state index is 11.7. The highest BCUT2D eigenvalue weighted by molar-refractivity contribution is 6.03. The largest absolute Gasteiger partial charge is 0.508 e. The molecule has 0 aromatic heterocycles. The summed E-state index contributed by atoms with van der Waals surface area (Å²) in [5, 5.41) is 38.5. The van der Waals surface area contributed by atoms with Crippen molar-refractivity contribution in [2.24, 2.45) is 0 Å². The summed E-state index contributed by atoms with van der Waals surface area (Å²) in [6, 6.07) is 3.64. The number of carbonyl (C=O) groups is 1. The van der Waals surface area contributed by atoms with Crippen molar-refractivity contribution in [1.82, 2.24) is 0 Å². The van der Waals surface area contributed by atoms with Crippen LogP contribution in [0.15, 0.2) is 23.8 Å². The summed E-state index contributed by atoms with van der Waals surface area (Å²) >= 11 is 0. The molecule has 0 bridgehead atoms. The fraction of sp³-hybridized carbons (Fsp3) is 0.308. The van der Waals surface area contributed by atoms with Gasteiger partial charge in [0.1, 0.15) is 17.3 Å². The zero-order valence-corrected chi connectivity index (χ0v) is 9.63. The molecule has 1 aliphatic rings. The summed E-state index contributed by atoms with van der Waals surface area (Å²) in [7, 11) is 0. The predicted octanol–water partition coefficient (Wildman–Crippen LogP) is 1.48. The SMILES string of the molecule is O=C1CCCC(O)C1=C(O)c1ccc(O)cc1O. The van der Waals surface area contributed by atoms with Crippen LogP contribution in [-0.2, 0) is 4.79 Å². The van der Waals surface area contributed by atoms with Crippen LogP contribution in [-0.4, -0.2) is 32.3 Å². The Kier molecular flexibility index (Phi) is 3.25. The number of hydrogen-bond acceptors (Lipinski definition) is 5. The molecule has 0 heterocycles. The van der Waals surface area contributed by atoms with Crippen molar-refractivity contribution in [3.63, 3.8) is 0 Å². The summed E-state index contributed by atoms with van der Waals surface area (Å²) in [5.41, 5.74) is -0.0423. The van der Waals surface area contributed by atoms with Gasteiger partial charge in [0.25, 0.3) is 0 Å². The minimum Gasteiger partial charge on any atom is -0.508 e. The van der Waals surface area contributed by atoms with Crippen LogP contribution in [0.1, 0.15) is 24.8 Å². The summed E-state index contributed by atoms with van der Waals surface area (Å²) in [4.78, 5) is 11.7. The van der Waals surface area contributed by atoms with Gasteiger partial charge in [0.2, 0.25) is 0 Å². The lowest BCUT2D eigenvalue weighted by Gasteiger charge is -2.21. The maximum absolute atomic E-state index is 11.7. The molecule has 1 aromatic rings. The van der Waals surface area contributed by atoms with Crippen LogP contribution >= 0.6 is 0 Å². The number of phenolic OH excluding ortho intramolecular Hbond substituents is 2. The number of rotatable bonds is 1. The van der Waals surface area contributed by atoms with Gasteiger partial charge in [-0.1, -0.05) is 0 Å². The van der Waals surface area contributed by atoms with E-state index in [1.54, 1.807) is 0 Å². The lowest BCUT2D eigenvalue weighted by Crippen LogP contribution is -2.24. The minimum atomic E-state index is -1.01. The third-order valence-electron chi connectivity index (χ3n) is 3.01. The third kappa shape index (κ3) is 2.17. The lowest BCUT2D eigenvalue weighted by molar-refractivity contribution is -0.117. The molecule has 0 amide bonds. The molecule has 1 unspecified atom stereocenters. The Morgan fingerprint density at radius 3 is 2.61 bits per heavy atom. The van der Waals surface area contributed by atoms with Crippen molar-refractivity contribution in [2.45, 2.75) is 25.4 Å². The predicted molar refractivity (Wildman–Crippen MR) is 64.2 cm³/mol. The Morgan fingerprint density at radius 2 is 2.00 bits per heavy atom. The van der Waals surface area contributed by atoms with Crippen molar-refractivity contribution in [3.8, 4) is 11.5 Å². The van der Waals surface area contributed by atoms with Gasteiger partial charge in [-0.05, 0) is 25.0 Å². The molecule has 2 rings (SSSR count). The summed E-state index contributed by atoms with van der Waals surface area (Å²) < 4.78 is 0. The third-order valence-corrected chi connectivity index (χ3v) is 3.01. The highest BCUT2D eigenvalue weighted by atomic mass is 16.3. The first-order valence-corrected chi connectivity index (χ1v) is 5.67. The van der Waals surface area contributed by atoms with Gasteiger partial charge in [0.05, 0.1) is 17.2 Å². The van der Waals surface area contributed by atoms with Crippen molar-refractivity contribution in [3.05, 3.63) is 29.3 Å². The van der Waals surface area contributed by atoms with Crippen LogP contribution in [0.25, 0.3) is 5.76 Å². The van der Waals surface area contributed by atoms with E-state index >= 15 is 0 Å². The number of aromatic hydroxyl groups is 2. The number of ketones is 1. The number of Topliss-reactive ketones (excluding diaryl/α,β-unsaturated/α-hetero) is 1. The minimum absolute atomic E-state index is 0.0251. The Hall–Kier alpha value is -2.01. The summed E-state index contributed by atoms with van der Waals surface area (Å²) in [6.07, 6.45) is 0.247. The van der Waals surface area contributed by atoms with E-state index in [0.717, 1.165) is 6.07 Å². The van der Waals surface area contributed by atoms with Crippen molar-refractivity contribution in [2.75, 3.05) is 0 Å². The lowest BCUT2D eigenvalue weighted by atomic mass is 9.88. The number of aliphatic hydroxyl groups is 2. The molecule has 0 aliphatic heterocycles. The molecule has 5 heteroatoms. The Labute approximate surface area is 104 Å². The molecule has 1 fully saturated rings. The van der Waals surface area contributed by atoms with Crippen LogP contribution in [0.2, 0.25) is 0 Å².